The molecule has 0 amide bonds. The molecule has 1 fully saturated rings. The molecule has 0 saturated carbocycles. The quantitative estimate of drug-likeness (QED) is 0.690. The summed E-state index contributed by atoms with van der Waals surface area (Å²) in [5.74, 6) is 0.810. The molecule has 0 aromatic heterocycles. The SMILES string of the molecule is CC1CCCN(C2=NCC(CBr)S2)C1C. The number of hydrogen-bond donors (Lipinski definition) is 0. The van der Waals surface area contributed by atoms with E-state index in [1.165, 1.54) is 24.6 Å². The molecule has 0 aliphatic carbocycles. The lowest BCUT2D eigenvalue weighted by molar-refractivity contribution is 0.195. The van der Waals surface area contributed by atoms with Crippen molar-refractivity contribution < 1.29 is 0 Å². The number of halogens is 1. The minimum atomic E-state index is 0.657. The molecule has 2 aliphatic rings. The fraction of sp³-hybridized carbons (Fsp3) is 0.909. The molecule has 0 aromatic rings. The van der Waals surface area contributed by atoms with Gasteiger partial charge in [-0.3, -0.25) is 4.99 Å². The van der Waals surface area contributed by atoms with Crippen molar-refractivity contribution in [2.75, 3.05) is 18.4 Å². The lowest BCUT2D eigenvalue weighted by Gasteiger charge is -2.39. The highest BCUT2D eigenvalue weighted by molar-refractivity contribution is 9.09. The van der Waals surface area contributed by atoms with E-state index < -0.39 is 0 Å². The first-order valence-electron chi connectivity index (χ1n) is 5.76. The molecular formula is C11H19BrN2S. The van der Waals surface area contributed by atoms with Crippen LogP contribution in [0.15, 0.2) is 4.99 Å². The van der Waals surface area contributed by atoms with Crippen molar-refractivity contribution in [1.29, 1.82) is 0 Å². The monoisotopic (exact) mass is 290 g/mol. The fourth-order valence-corrected chi connectivity index (χ4v) is 3.90. The maximum absolute atomic E-state index is 4.67. The fourth-order valence-electron chi connectivity index (χ4n) is 2.25. The van der Waals surface area contributed by atoms with Gasteiger partial charge in [0, 0.05) is 23.2 Å². The summed E-state index contributed by atoms with van der Waals surface area (Å²) in [6, 6.07) is 0.666. The third-order valence-corrected chi connectivity index (χ3v) is 5.93. The van der Waals surface area contributed by atoms with Crippen molar-refractivity contribution in [2.24, 2.45) is 10.9 Å². The third kappa shape index (κ3) is 2.52. The summed E-state index contributed by atoms with van der Waals surface area (Å²) in [4.78, 5) is 7.19. The molecule has 3 unspecified atom stereocenters. The summed E-state index contributed by atoms with van der Waals surface area (Å²) in [6.45, 7) is 6.89. The van der Waals surface area contributed by atoms with Gasteiger partial charge >= 0.3 is 0 Å². The first-order chi connectivity index (χ1) is 7.22. The van der Waals surface area contributed by atoms with E-state index in [0.717, 1.165) is 17.8 Å². The second-order valence-electron chi connectivity index (χ2n) is 4.57. The Morgan fingerprint density at radius 3 is 3.00 bits per heavy atom. The summed E-state index contributed by atoms with van der Waals surface area (Å²) >= 11 is 5.49. The molecule has 0 radical (unpaired) electrons. The molecule has 0 spiro atoms. The number of amidine groups is 1. The second-order valence-corrected chi connectivity index (χ2v) is 6.49. The predicted octanol–water partition coefficient (Wildman–Crippen LogP) is 2.97. The molecule has 1 saturated heterocycles. The van der Waals surface area contributed by atoms with Gasteiger partial charge in [-0.2, -0.15) is 0 Å². The topological polar surface area (TPSA) is 15.6 Å². The first-order valence-corrected chi connectivity index (χ1v) is 7.76. The highest BCUT2D eigenvalue weighted by Crippen LogP contribution is 2.31. The van der Waals surface area contributed by atoms with E-state index >= 15 is 0 Å². The second kappa shape index (κ2) is 5.09. The number of thioether (sulfide) groups is 1. The minimum Gasteiger partial charge on any atom is -0.349 e. The van der Waals surface area contributed by atoms with E-state index in [-0.39, 0.29) is 0 Å². The summed E-state index contributed by atoms with van der Waals surface area (Å²) in [7, 11) is 0. The van der Waals surface area contributed by atoms with E-state index in [2.05, 4.69) is 39.7 Å². The van der Waals surface area contributed by atoms with E-state index in [1.54, 1.807) is 0 Å². The zero-order valence-electron chi connectivity index (χ0n) is 9.45. The molecule has 0 bridgehead atoms. The summed E-state index contributed by atoms with van der Waals surface area (Å²) < 4.78 is 0. The number of piperidine rings is 1. The van der Waals surface area contributed by atoms with Gasteiger partial charge in [0.25, 0.3) is 0 Å². The first kappa shape index (κ1) is 11.8. The van der Waals surface area contributed by atoms with Gasteiger partial charge < -0.3 is 4.90 Å². The van der Waals surface area contributed by atoms with Crippen LogP contribution in [0.3, 0.4) is 0 Å². The van der Waals surface area contributed by atoms with Crippen LogP contribution in [0.5, 0.6) is 0 Å². The number of alkyl halides is 1. The highest BCUT2D eigenvalue weighted by atomic mass is 79.9. The Hall–Kier alpha value is 0.300. The predicted molar refractivity (Wildman–Crippen MR) is 72.0 cm³/mol. The average Bonchev–Trinajstić information content (AvgIpc) is 2.70. The Kier molecular flexibility index (Phi) is 3.99. The molecule has 86 valence electrons. The molecule has 2 aliphatic heterocycles. The molecule has 3 atom stereocenters. The maximum Gasteiger partial charge on any atom is 0.159 e. The summed E-state index contributed by atoms with van der Waals surface area (Å²) in [5.41, 5.74) is 0. The molecule has 2 heterocycles. The van der Waals surface area contributed by atoms with Crippen LogP contribution < -0.4 is 0 Å². The smallest absolute Gasteiger partial charge is 0.159 e. The zero-order chi connectivity index (χ0) is 10.8. The number of nitrogens with zero attached hydrogens (tertiary/aromatic N) is 2. The van der Waals surface area contributed by atoms with Crippen molar-refractivity contribution in [1.82, 2.24) is 4.90 Å². The summed E-state index contributed by atoms with van der Waals surface area (Å²) in [6.07, 6.45) is 2.70. The molecule has 0 N–H and O–H groups in total. The van der Waals surface area contributed by atoms with Gasteiger partial charge in [0.2, 0.25) is 0 Å². The van der Waals surface area contributed by atoms with E-state index in [0.29, 0.717) is 11.3 Å². The normalized spacial score (nSPS) is 36.9. The van der Waals surface area contributed by atoms with Gasteiger partial charge in [0.15, 0.2) is 5.17 Å². The van der Waals surface area contributed by atoms with Crippen LogP contribution in [0.2, 0.25) is 0 Å². The number of rotatable bonds is 1. The largest absolute Gasteiger partial charge is 0.349 e. The van der Waals surface area contributed by atoms with Gasteiger partial charge in [0.1, 0.15) is 0 Å². The highest BCUT2D eigenvalue weighted by Gasteiger charge is 2.30. The Morgan fingerprint density at radius 1 is 1.53 bits per heavy atom. The Labute approximate surface area is 105 Å². The van der Waals surface area contributed by atoms with Gasteiger partial charge in [0.05, 0.1) is 6.54 Å². The minimum absolute atomic E-state index is 0.657. The van der Waals surface area contributed by atoms with Crippen molar-refractivity contribution in [3.63, 3.8) is 0 Å². The Balaban J connectivity index is 1.98. The standard InChI is InChI=1S/C11H19BrN2S/c1-8-4-3-5-14(9(8)2)11-13-7-10(6-12)15-11/h8-10H,3-7H2,1-2H3. The van der Waals surface area contributed by atoms with Crippen molar-refractivity contribution >= 4 is 32.9 Å². The lowest BCUT2D eigenvalue weighted by atomic mass is 9.93. The van der Waals surface area contributed by atoms with Crippen LogP contribution in [-0.2, 0) is 0 Å². The molecule has 4 heteroatoms. The van der Waals surface area contributed by atoms with E-state index in [9.17, 15) is 0 Å². The van der Waals surface area contributed by atoms with E-state index in [4.69, 9.17) is 0 Å². The number of hydrogen-bond acceptors (Lipinski definition) is 3. The molecule has 15 heavy (non-hydrogen) atoms. The number of aliphatic imine (C=N–C) groups is 1. The van der Waals surface area contributed by atoms with E-state index in [1.807, 2.05) is 11.8 Å². The van der Waals surface area contributed by atoms with Crippen LogP contribution in [-0.4, -0.2) is 39.8 Å². The summed E-state index contributed by atoms with van der Waals surface area (Å²) in [5, 5.41) is 3.01. The number of likely N-dealkylation sites (tertiary alicyclic amines) is 1. The van der Waals surface area contributed by atoms with Crippen molar-refractivity contribution in [3.05, 3.63) is 0 Å². The van der Waals surface area contributed by atoms with Crippen LogP contribution in [0.25, 0.3) is 0 Å². The van der Waals surface area contributed by atoms with Gasteiger partial charge in [-0.25, -0.2) is 0 Å². The van der Waals surface area contributed by atoms with Crippen LogP contribution in [0.4, 0.5) is 0 Å². The third-order valence-electron chi connectivity index (χ3n) is 3.49. The van der Waals surface area contributed by atoms with Crippen LogP contribution in [0.1, 0.15) is 26.7 Å². The van der Waals surface area contributed by atoms with Crippen LogP contribution in [0, 0.1) is 5.92 Å². The van der Waals surface area contributed by atoms with Crippen LogP contribution >= 0.6 is 27.7 Å². The van der Waals surface area contributed by atoms with Crippen molar-refractivity contribution in [2.45, 2.75) is 38.0 Å². The Bertz CT molecular complexity index is 257. The molecular weight excluding hydrogens is 272 g/mol. The zero-order valence-corrected chi connectivity index (χ0v) is 11.9. The van der Waals surface area contributed by atoms with Crippen molar-refractivity contribution in [3.8, 4) is 0 Å². The molecule has 2 rings (SSSR count). The van der Waals surface area contributed by atoms with Gasteiger partial charge in [-0.05, 0) is 25.7 Å². The molecule has 2 nitrogen and oxygen atoms in total. The average molecular weight is 291 g/mol. The van der Waals surface area contributed by atoms with Gasteiger partial charge in [-0.15, -0.1) is 0 Å². The maximum atomic E-state index is 4.67. The lowest BCUT2D eigenvalue weighted by Crippen LogP contribution is -2.44. The molecule has 0 aromatic carbocycles. The Morgan fingerprint density at radius 2 is 2.33 bits per heavy atom. The van der Waals surface area contributed by atoms with Gasteiger partial charge in [-0.1, -0.05) is 34.6 Å².